The van der Waals surface area contributed by atoms with Crippen LogP contribution in [0.15, 0.2) is 36.5 Å². The first-order chi connectivity index (χ1) is 12.5. The average Bonchev–Trinajstić information content (AvgIpc) is 2.97. The van der Waals surface area contributed by atoms with Gasteiger partial charge in [-0.3, -0.25) is 4.98 Å². The SMILES string of the molecule is N[C@@H]1CN(c2nc3cc(F)ccc3n2Cc2ccc(F)cn2)CCC1F. The molecule has 0 aliphatic carbocycles. The molecule has 1 fully saturated rings. The summed E-state index contributed by atoms with van der Waals surface area (Å²) in [7, 11) is 0. The summed E-state index contributed by atoms with van der Waals surface area (Å²) in [5.74, 6) is -0.214. The largest absolute Gasteiger partial charge is 0.340 e. The van der Waals surface area contributed by atoms with E-state index in [9.17, 15) is 13.2 Å². The van der Waals surface area contributed by atoms with Crippen molar-refractivity contribution in [2.45, 2.75) is 25.2 Å². The number of halogens is 3. The highest BCUT2D eigenvalue weighted by molar-refractivity contribution is 5.79. The molecule has 3 aromatic rings. The second-order valence-electron chi connectivity index (χ2n) is 6.51. The van der Waals surface area contributed by atoms with Gasteiger partial charge in [-0.15, -0.1) is 0 Å². The van der Waals surface area contributed by atoms with E-state index in [1.807, 2.05) is 9.47 Å². The van der Waals surface area contributed by atoms with Crippen molar-refractivity contribution in [2.75, 3.05) is 18.0 Å². The predicted molar refractivity (Wildman–Crippen MR) is 92.7 cm³/mol. The summed E-state index contributed by atoms with van der Waals surface area (Å²) in [5.41, 5.74) is 7.74. The summed E-state index contributed by atoms with van der Waals surface area (Å²) < 4.78 is 42.4. The molecule has 0 spiro atoms. The molecule has 2 atom stereocenters. The smallest absolute Gasteiger partial charge is 0.206 e. The number of hydrogen-bond acceptors (Lipinski definition) is 4. The Balaban J connectivity index is 1.76. The van der Waals surface area contributed by atoms with Gasteiger partial charge in [-0.05, 0) is 30.7 Å². The topological polar surface area (TPSA) is 60.0 Å². The predicted octanol–water partition coefficient (Wildman–Crippen LogP) is 2.63. The molecule has 1 aromatic carbocycles. The van der Waals surface area contributed by atoms with Crippen LogP contribution in [0, 0.1) is 11.6 Å². The first kappa shape index (κ1) is 16.8. The van der Waals surface area contributed by atoms with Crippen molar-refractivity contribution in [1.29, 1.82) is 0 Å². The molecule has 3 heterocycles. The van der Waals surface area contributed by atoms with Gasteiger partial charge in [0.05, 0.1) is 35.5 Å². The van der Waals surface area contributed by atoms with Gasteiger partial charge in [0.1, 0.15) is 17.8 Å². The van der Waals surface area contributed by atoms with Gasteiger partial charge in [0.15, 0.2) is 0 Å². The van der Waals surface area contributed by atoms with E-state index in [-0.39, 0.29) is 5.82 Å². The van der Waals surface area contributed by atoms with Gasteiger partial charge in [0, 0.05) is 19.2 Å². The summed E-state index contributed by atoms with van der Waals surface area (Å²) >= 11 is 0. The number of fused-ring (bicyclic) bond motifs is 1. The van der Waals surface area contributed by atoms with E-state index >= 15 is 0 Å². The fourth-order valence-corrected chi connectivity index (χ4v) is 3.28. The molecule has 0 amide bonds. The Bertz CT molecular complexity index is 924. The second-order valence-corrected chi connectivity index (χ2v) is 6.51. The fraction of sp³-hybridized carbons (Fsp3) is 0.333. The van der Waals surface area contributed by atoms with Gasteiger partial charge < -0.3 is 15.2 Å². The fourth-order valence-electron chi connectivity index (χ4n) is 3.28. The van der Waals surface area contributed by atoms with Crippen LogP contribution in [-0.4, -0.2) is 39.8 Å². The molecule has 2 N–H and O–H groups in total. The molecule has 136 valence electrons. The zero-order chi connectivity index (χ0) is 18.3. The van der Waals surface area contributed by atoms with Crippen LogP contribution >= 0.6 is 0 Å². The highest BCUT2D eigenvalue weighted by Crippen LogP contribution is 2.27. The number of alkyl halides is 1. The van der Waals surface area contributed by atoms with Crippen molar-refractivity contribution in [2.24, 2.45) is 5.73 Å². The van der Waals surface area contributed by atoms with Gasteiger partial charge >= 0.3 is 0 Å². The molecular formula is C18H18F3N5. The summed E-state index contributed by atoms with van der Waals surface area (Å²) in [6.45, 7) is 1.13. The number of hydrogen-bond donors (Lipinski definition) is 1. The minimum atomic E-state index is -1.04. The highest BCUT2D eigenvalue weighted by atomic mass is 19.1. The van der Waals surface area contributed by atoms with E-state index in [4.69, 9.17) is 5.73 Å². The van der Waals surface area contributed by atoms with E-state index in [1.165, 1.54) is 18.2 Å². The maximum absolute atomic E-state index is 13.7. The van der Waals surface area contributed by atoms with Gasteiger partial charge in [0.25, 0.3) is 0 Å². The van der Waals surface area contributed by atoms with Crippen LogP contribution in [-0.2, 0) is 6.54 Å². The molecule has 2 aromatic heterocycles. The number of nitrogens with two attached hydrogens (primary N) is 1. The van der Waals surface area contributed by atoms with Crippen molar-refractivity contribution in [3.63, 3.8) is 0 Å². The maximum atomic E-state index is 13.7. The number of nitrogens with zero attached hydrogens (tertiary/aromatic N) is 4. The number of imidazole rings is 1. The van der Waals surface area contributed by atoms with Crippen molar-refractivity contribution >= 4 is 17.0 Å². The number of piperidine rings is 1. The second kappa shape index (κ2) is 6.60. The van der Waals surface area contributed by atoms with Crippen LogP contribution in [0.4, 0.5) is 19.1 Å². The van der Waals surface area contributed by atoms with Crippen molar-refractivity contribution in [3.8, 4) is 0 Å². The third-order valence-corrected chi connectivity index (χ3v) is 4.65. The lowest BCUT2D eigenvalue weighted by Gasteiger charge is -2.34. The van der Waals surface area contributed by atoms with Crippen molar-refractivity contribution in [3.05, 3.63) is 53.9 Å². The van der Waals surface area contributed by atoms with Gasteiger partial charge in [0.2, 0.25) is 5.95 Å². The summed E-state index contributed by atoms with van der Waals surface area (Å²) in [6.07, 6.45) is 0.423. The Kier molecular flexibility index (Phi) is 4.28. The van der Waals surface area contributed by atoms with Crippen LogP contribution < -0.4 is 10.6 Å². The normalized spacial score (nSPS) is 20.7. The molecule has 1 aliphatic heterocycles. The molecule has 0 saturated carbocycles. The molecule has 0 radical (unpaired) electrons. The average molecular weight is 361 g/mol. The molecule has 1 saturated heterocycles. The lowest BCUT2D eigenvalue weighted by molar-refractivity contribution is 0.243. The van der Waals surface area contributed by atoms with Crippen molar-refractivity contribution in [1.82, 2.24) is 14.5 Å². The van der Waals surface area contributed by atoms with Crippen LogP contribution in [0.3, 0.4) is 0 Å². The standard InChI is InChI=1S/C18H18F3N5/c19-11-2-4-17-16(7-11)24-18(25-6-5-14(21)15(22)10-25)26(17)9-13-3-1-12(20)8-23-13/h1-4,7-8,14-15H,5-6,9-10,22H2/t14?,15-/m1/s1. The molecule has 8 heteroatoms. The molecule has 1 aliphatic rings. The Morgan fingerprint density at radius 3 is 2.69 bits per heavy atom. The molecule has 5 nitrogen and oxygen atoms in total. The summed E-state index contributed by atoms with van der Waals surface area (Å²) in [5, 5.41) is 0. The Labute approximate surface area is 148 Å². The van der Waals surface area contributed by atoms with E-state index in [2.05, 4.69) is 9.97 Å². The Morgan fingerprint density at radius 2 is 1.96 bits per heavy atom. The van der Waals surface area contributed by atoms with Crippen LogP contribution in [0.2, 0.25) is 0 Å². The quantitative estimate of drug-likeness (QED) is 0.779. The number of rotatable bonds is 3. The Hall–Kier alpha value is -2.61. The van der Waals surface area contributed by atoms with E-state index in [0.717, 1.165) is 11.7 Å². The third kappa shape index (κ3) is 3.12. The summed E-state index contributed by atoms with van der Waals surface area (Å²) in [6, 6.07) is 6.70. The highest BCUT2D eigenvalue weighted by Gasteiger charge is 2.29. The van der Waals surface area contributed by atoms with Crippen LogP contribution in [0.5, 0.6) is 0 Å². The number of pyridine rings is 1. The van der Waals surface area contributed by atoms with E-state index < -0.39 is 18.0 Å². The molecule has 26 heavy (non-hydrogen) atoms. The zero-order valence-corrected chi connectivity index (χ0v) is 13.9. The molecular weight excluding hydrogens is 343 g/mol. The van der Waals surface area contributed by atoms with E-state index in [1.54, 1.807) is 12.1 Å². The Morgan fingerprint density at radius 1 is 1.15 bits per heavy atom. The lowest BCUT2D eigenvalue weighted by atomic mass is 10.1. The first-order valence-corrected chi connectivity index (χ1v) is 8.42. The van der Waals surface area contributed by atoms with Gasteiger partial charge in [-0.1, -0.05) is 0 Å². The monoisotopic (exact) mass is 361 g/mol. The molecule has 4 rings (SSSR count). The lowest BCUT2D eigenvalue weighted by Crippen LogP contribution is -2.50. The van der Waals surface area contributed by atoms with Crippen LogP contribution in [0.1, 0.15) is 12.1 Å². The number of benzene rings is 1. The van der Waals surface area contributed by atoms with Gasteiger partial charge in [-0.2, -0.15) is 0 Å². The van der Waals surface area contributed by atoms with Gasteiger partial charge in [-0.25, -0.2) is 18.2 Å². The van der Waals surface area contributed by atoms with Crippen LogP contribution in [0.25, 0.3) is 11.0 Å². The number of anilines is 1. The molecule has 0 bridgehead atoms. The summed E-state index contributed by atoms with van der Waals surface area (Å²) in [4.78, 5) is 10.5. The first-order valence-electron chi connectivity index (χ1n) is 8.42. The third-order valence-electron chi connectivity index (χ3n) is 4.65. The zero-order valence-electron chi connectivity index (χ0n) is 13.9. The minimum Gasteiger partial charge on any atom is -0.340 e. The molecule has 1 unspecified atom stereocenters. The van der Waals surface area contributed by atoms with Crippen molar-refractivity contribution < 1.29 is 13.2 Å². The minimum absolute atomic E-state index is 0.313. The maximum Gasteiger partial charge on any atom is 0.206 e. The number of aromatic nitrogens is 3. The van der Waals surface area contributed by atoms with E-state index in [0.29, 0.717) is 43.2 Å².